The maximum absolute atomic E-state index is 11.7. The van der Waals surface area contributed by atoms with Crippen molar-refractivity contribution in [3.63, 3.8) is 0 Å². The number of aryl methyl sites for hydroxylation is 3. The highest BCUT2D eigenvalue weighted by molar-refractivity contribution is 7.17. The molecule has 0 spiro atoms. The fraction of sp³-hybridized carbons (Fsp3) is 0.292. The molecule has 1 heterocycles. The van der Waals surface area contributed by atoms with Gasteiger partial charge in [0.15, 0.2) is 11.5 Å². The van der Waals surface area contributed by atoms with E-state index in [2.05, 4.69) is 47.6 Å². The predicted octanol–water partition coefficient (Wildman–Crippen LogP) is 5.28. The third-order valence-corrected chi connectivity index (χ3v) is 5.74. The van der Waals surface area contributed by atoms with Crippen molar-refractivity contribution in [1.82, 2.24) is 4.98 Å². The molecule has 0 bridgehead atoms. The second-order valence-corrected chi connectivity index (χ2v) is 8.15. The molecule has 0 fully saturated rings. The number of carbonyl (C=O) groups excluding carboxylic acids is 1. The minimum Gasteiger partial charge on any atom is -0.490 e. The fourth-order valence-corrected chi connectivity index (χ4v) is 3.83. The number of ether oxygens (including phenoxy) is 3. The third kappa shape index (κ3) is 5.85. The summed E-state index contributed by atoms with van der Waals surface area (Å²) in [6, 6.07) is 12.0. The van der Waals surface area contributed by atoms with Gasteiger partial charge in [0.2, 0.25) is 5.13 Å². The smallest absolute Gasteiger partial charge is 0.350 e. The summed E-state index contributed by atoms with van der Waals surface area (Å²) >= 11 is 1.19. The van der Waals surface area contributed by atoms with E-state index >= 15 is 0 Å². The molecular weight excluding hydrogens is 426 g/mol. The minimum atomic E-state index is -0.408. The topological polar surface area (TPSA) is 82.0 Å². The van der Waals surface area contributed by atoms with Gasteiger partial charge in [0.05, 0.1) is 25.6 Å². The highest BCUT2D eigenvalue weighted by Gasteiger charge is 2.15. The van der Waals surface area contributed by atoms with Crippen LogP contribution in [0.3, 0.4) is 0 Å². The van der Waals surface area contributed by atoms with Crippen LogP contribution in [0.5, 0.6) is 11.5 Å². The molecule has 0 saturated carbocycles. The van der Waals surface area contributed by atoms with E-state index in [0.717, 1.165) is 11.1 Å². The molecule has 0 radical (unpaired) electrons. The molecule has 3 rings (SSSR count). The average Bonchev–Trinajstić information content (AvgIpc) is 3.15. The second-order valence-electron chi connectivity index (χ2n) is 7.15. The molecule has 0 aliphatic carbocycles. The maximum Gasteiger partial charge on any atom is 0.350 e. The number of benzene rings is 2. The molecule has 0 unspecified atom stereocenters. The maximum atomic E-state index is 11.7. The van der Waals surface area contributed by atoms with Crippen LogP contribution in [0.15, 0.2) is 41.5 Å². The van der Waals surface area contributed by atoms with Crippen LogP contribution in [0.2, 0.25) is 0 Å². The number of aromatic nitrogens is 1. The summed E-state index contributed by atoms with van der Waals surface area (Å²) in [5.41, 5.74) is 7.83. The Morgan fingerprint density at radius 1 is 1.12 bits per heavy atom. The molecule has 8 heteroatoms. The Morgan fingerprint density at radius 3 is 2.69 bits per heavy atom. The van der Waals surface area contributed by atoms with Gasteiger partial charge >= 0.3 is 5.97 Å². The number of methoxy groups -OCH3 is 1. The number of hydrogen-bond acceptors (Lipinski definition) is 8. The van der Waals surface area contributed by atoms with Gasteiger partial charge in [0.1, 0.15) is 11.5 Å². The van der Waals surface area contributed by atoms with Crippen LogP contribution in [-0.4, -0.2) is 30.9 Å². The summed E-state index contributed by atoms with van der Waals surface area (Å²) in [7, 11) is 1.35. The van der Waals surface area contributed by atoms with Crippen LogP contribution in [0.25, 0.3) is 0 Å². The largest absolute Gasteiger partial charge is 0.490 e. The molecule has 1 N–H and O–H groups in total. The number of nitrogens with one attached hydrogen (secondary N) is 1. The van der Waals surface area contributed by atoms with E-state index in [-0.39, 0.29) is 0 Å². The molecule has 32 heavy (non-hydrogen) atoms. The van der Waals surface area contributed by atoms with Gasteiger partial charge < -0.3 is 14.2 Å². The Labute approximate surface area is 192 Å². The normalized spacial score (nSPS) is 10.9. The van der Waals surface area contributed by atoms with Crippen molar-refractivity contribution in [2.45, 2.75) is 34.3 Å². The number of carbonyl (C=O) groups is 1. The van der Waals surface area contributed by atoms with Gasteiger partial charge in [0.25, 0.3) is 0 Å². The number of thiazole rings is 1. The molecule has 0 atom stereocenters. The predicted molar refractivity (Wildman–Crippen MR) is 127 cm³/mol. The van der Waals surface area contributed by atoms with Gasteiger partial charge in [-0.1, -0.05) is 35.1 Å². The first kappa shape index (κ1) is 23.3. The standard InChI is InChI=1S/C24H27N3O4S/c1-6-30-21-12-18(13-25-27-24-26-17(4)22(32-24)23(28)29-5)9-10-20(21)31-14-19-11-15(2)7-8-16(19)3/h7-13H,6,14H2,1-5H3,(H,26,27)/b25-13-. The number of hydrazone groups is 1. The number of nitrogens with zero attached hydrogens (tertiary/aromatic N) is 2. The quantitative estimate of drug-likeness (QED) is 0.270. The summed E-state index contributed by atoms with van der Waals surface area (Å²) in [6.07, 6.45) is 1.66. The van der Waals surface area contributed by atoms with Crippen molar-refractivity contribution < 1.29 is 19.0 Å². The molecular formula is C24H27N3O4S. The Bertz CT molecular complexity index is 1120. The third-order valence-electron chi connectivity index (χ3n) is 4.70. The molecule has 3 aromatic rings. The van der Waals surface area contributed by atoms with E-state index in [9.17, 15) is 4.79 Å². The Hall–Kier alpha value is -3.39. The van der Waals surface area contributed by atoms with Crippen LogP contribution in [0, 0.1) is 20.8 Å². The van der Waals surface area contributed by atoms with Gasteiger partial charge in [-0.15, -0.1) is 0 Å². The molecule has 0 saturated heterocycles. The lowest BCUT2D eigenvalue weighted by atomic mass is 10.1. The molecule has 0 amide bonds. The van der Waals surface area contributed by atoms with Gasteiger partial charge in [-0.3, -0.25) is 5.43 Å². The van der Waals surface area contributed by atoms with Gasteiger partial charge in [-0.25, -0.2) is 9.78 Å². The van der Waals surface area contributed by atoms with Crippen molar-refractivity contribution in [3.8, 4) is 11.5 Å². The van der Waals surface area contributed by atoms with E-state index in [1.54, 1.807) is 13.1 Å². The summed E-state index contributed by atoms with van der Waals surface area (Å²) in [5, 5.41) is 4.73. The molecule has 1 aromatic heterocycles. The van der Waals surface area contributed by atoms with E-state index in [1.807, 2.05) is 25.1 Å². The second kappa shape index (κ2) is 10.8. The Balaban J connectivity index is 1.70. The zero-order chi connectivity index (χ0) is 23.1. The first-order valence-corrected chi connectivity index (χ1v) is 11.0. The zero-order valence-electron chi connectivity index (χ0n) is 18.9. The minimum absolute atomic E-state index is 0.408. The first-order chi connectivity index (χ1) is 15.4. The van der Waals surface area contributed by atoms with Crippen LogP contribution in [0.4, 0.5) is 5.13 Å². The first-order valence-electron chi connectivity index (χ1n) is 10.2. The SMILES string of the molecule is CCOc1cc(/C=N\Nc2nc(C)c(C(=O)OC)s2)ccc1OCc1cc(C)ccc1C. The summed E-state index contributed by atoms with van der Waals surface area (Å²) < 4.78 is 16.6. The number of anilines is 1. The van der Waals surface area contributed by atoms with Gasteiger partial charge in [0, 0.05) is 0 Å². The molecule has 0 aliphatic rings. The van der Waals surface area contributed by atoms with Crippen LogP contribution >= 0.6 is 11.3 Å². The number of rotatable bonds is 9. The van der Waals surface area contributed by atoms with Crippen LogP contribution < -0.4 is 14.9 Å². The molecule has 168 valence electrons. The van der Waals surface area contributed by atoms with Crippen LogP contribution in [0.1, 0.15) is 44.5 Å². The summed E-state index contributed by atoms with van der Waals surface area (Å²) in [4.78, 5) is 16.4. The lowest BCUT2D eigenvalue weighted by molar-refractivity contribution is 0.0605. The average molecular weight is 454 g/mol. The Morgan fingerprint density at radius 2 is 1.94 bits per heavy atom. The van der Waals surface area contributed by atoms with Gasteiger partial charge in [-0.05, 0) is 62.6 Å². The highest BCUT2D eigenvalue weighted by atomic mass is 32.1. The van der Waals surface area contributed by atoms with Crippen molar-refractivity contribution in [2.24, 2.45) is 5.10 Å². The van der Waals surface area contributed by atoms with Crippen LogP contribution in [-0.2, 0) is 11.3 Å². The van der Waals surface area contributed by atoms with E-state index in [0.29, 0.717) is 40.4 Å². The monoisotopic (exact) mass is 453 g/mol. The zero-order valence-corrected chi connectivity index (χ0v) is 19.7. The number of hydrogen-bond donors (Lipinski definition) is 1. The van der Waals surface area contributed by atoms with Gasteiger partial charge in [-0.2, -0.15) is 5.10 Å². The highest BCUT2D eigenvalue weighted by Crippen LogP contribution is 2.29. The summed E-state index contributed by atoms with van der Waals surface area (Å²) in [5.74, 6) is 0.922. The fourth-order valence-electron chi connectivity index (χ4n) is 2.99. The van der Waals surface area contributed by atoms with E-state index in [1.165, 1.54) is 29.6 Å². The number of esters is 1. The van der Waals surface area contributed by atoms with Crippen molar-refractivity contribution in [3.05, 3.63) is 69.2 Å². The van der Waals surface area contributed by atoms with Crippen molar-refractivity contribution >= 4 is 28.7 Å². The summed E-state index contributed by atoms with van der Waals surface area (Å²) in [6.45, 7) is 8.82. The Kier molecular flexibility index (Phi) is 7.83. The lowest BCUT2D eigenvalue weighted by Crippen LogP contribution is -2.02. The van der Waals surface area contributed by atoms with E-state index in [4.69, 9.17) is 14.2 Å². The van der Waals surface area contributed by atoms with E-state index < -0.39 is 5.97 Å². The molecule has 0 aliphatic heterocycles. The molecule has 7 nitrogen and oxygen atoms in total. The lowest BCUT2D eigenvalue weighted by Gasteiger charge is -2.14. The van der Waals surface area contributed by atoms with Crippen molar-refractivity contribution in [1.29, 1.82) is 0 Å². The molecule has 2 aromatic carbocycles. The van der Waals surface area contributed by atoms with Crippen molar-refractivity contribution in [2.75, 3.05) is 19.1 Å².